The number of hydrogen-bond donors (Lipinski definition) is 2. The van der Waals surface area contributed by atoms with E-state index < -0.39 is 0 Å². The molecule has 29 heavy (non-hydrogen) atoms. The lowest BCUT2D eigenvalue weighted by Crippen LogP contribution is -2.39. The second-order valence-corrected chi connectivity index (χ2v) is 6.17. The Labute approximate surface area is 185 Å². The van der Waals surface area contributed by atoms with E-state index in [-0.39, 0.29) is 35.6 Å². The molecule has 0 atom stereocenters. The van der Waals surface area contributed by atoms with Gasteiger partial charge in [0.15, 0.2) is 5.96 Å². The highest BCUT2D eigenvalue weighted by atomic mass is 127. The van der Waals surface area contributed by atoms with Crippen molar-refractivity contribution < 1.29 is 13.2 Å². The zero-order chi connectivity index (χ0) is 19.8. The van der Waals surface area contributed by atoms with E-state index in [4.69, 9.17) is 4.42 Å². The van der Waals surface area contributed by atoms with Gasteiger partial charge < -0.3 is 15.1 Å². The normalized spacial score (nSPS) is 11.1. The molecule has 3 rings (SSSR count). The molecule has 0 fully saturated rings. The Morgan fingerprint density at radius 2 is 1.69 bits per heavy atom. The SMILES string of the molecule is CN=C(NCCc1coc(-c2ccc(F)cc2)n1)NCCc1ccccc1F.I. The van der Waals surface area contributed by atoms with Crippen LogP contribution < -0.4 is 10.6 Å². The van der Waals surface area contributed by atoms with Crippen molar-refractivity contribution in [2.75, 3.05) is 20.1 Å². The number of benzene rings is 2. The summed E-state index contributed by atoms with van der Waals surface area (Å²) in [6.45, 7) is 1.17. The summed E-state index contributed by atoms with van der Waals surface area (Å²) in [7, 11) is 1.68. The summed E-state index contributed by atoms with van der Waals surface area (Å²) in [6.07, 6.45) is 2.80. The molecule has 154 valence electrons. The summed E-state index contributed by atoms with van der Waals surface area (Å²) >= 11 is 0. The lowest BCUT2D eigenvalue weighted by atomic mass is 10.1. The Morgan fingerprint density at radius 1 is 1.00 bits per heavy atom. The molecule has 2 N–H and O–H groups in total. The van der Waals surface area contributed by atoms with Gasteiger partial charge in [0.1, 0.15) is 17.9 Å². The molecule has 0 amide bonds. The van der Waals surface area contributed by atoms with E-state index in [1.165, 1.54) is 18.2 Å². The Bertz CT molecular complexity index is 928. The molecular formula is C21H23F2IN4O. The molecule has 0 bridgehead atoms. The molecule has 0 saturated carbocycles. The minimum absolute atomic E-state index is 0. The van der Waals surface area contributed by atoms with Crippen LogP contribution in [0.2, 0.25) is 0 Å². The van der Waals surface area contributed by atoms with Gasteiger partial charge in [0.2, 0.25) is 5.89 Å². The van der Waals surface area contributed by atoms with Crippen molar-refractivity contribution in [2.45, 2.75) is 12.8 Å². The fourth-order valence-corrected chi connectivity index (χ4v) is 2.69. The van der Waals surface area contributed by atoms with Crippen LogP contribution in [-0.2, 0) is 12.8 Å². The summed E-state index contributed by atoms with van der Waals surface area (Å²) in [5.41, 5.74) is 2.18. The first-order chi connectivity index (χ1) is 13.7. The van der Waals surface area contributed by atoms with Gasteiger partial charge in [-0.3, -0.25) is 4.99 Å². The summed E-state index contributed by atoms with van der Waals surface area (Å²) in [4.78, 5) is 8.57. The highest BCUT2D eigenvalue weighted by Crippen LogP contribution is 2.18. The van der Waals surface area contributed by atoms with Gasteiger partial charge in [0.25, 0.3) is 0 Å². The molecule has 0 radical (unpaired) electrons. The van der Waals surface area contributed by atoms with E-state index in [0.29, 0.717) is 43.3 Å². The minimum Gasteiger partial charge on any atom is -0.444 e. The summed E-state index contributed by atoms with van der Waals surface area (Å²) in [5.74, 6) is 0.602. The third-order valence-electron chi connectivity index (χ3n) is 4.18. The van der Waals surface area contributed by atoms with E-state index in [9.17, 15) is 8.78 Å². The van der Waals surface area contributed by atoms with Crippen LogP contribution in [-0.4, -0.2) is 31.1 Å². The molecular weight excluding hydrogens is 489 g/mol. The van der Waals surface area contributed by atoms with Crippen LogP contribution in [0.25, 0.3) is 11.5 Å². The smallest absolute Gasteiger partial charge is 0.226 e. The van der Waals surface area contributed by atoms with Gasteiger partial charge in [-0.25, -0.2) is 13.8 Å². The van der Waals surface area contributed by atoms with Crippen molar-refractivity contribution in [3.63, 3.8) is 0 Å². The zero-order valence-electron chi connectivity index (χ0n) is 16.0. The van der Waals surface area contributed by atoms with E-state index >= 15 is 0 Å². The monoisotopic (exact) mass is 512 g/mol. The van der Waals surface area contributed by atoms with Crippen molar-refractivity contribution in [1.82, 2.24) is 15.6 Å². The number of oxazole rings is 1. The highest BCUT2D eigenvalue weighted by molar-refractivity contribution is 14.0. The number of nitrogens with one attached hydrogen (secondary N) is 2. The molecule has 8 heteroatoms. The maximum absolute atomic E-state index is 13.6. The van der Waals surface area contributed by atoms with Crippen LogP contribution in [0.15, 0.2) is 64.2 Å². The van der Waals surface area contributed by atoms with Gasteiger partial charge in [-0.15, -0.1) is 24.0 Å². The Hall–Kier alpha value is -2.49. The number of rotatable bonds is 7. The average Bonchev–Trinajstić information content (AvgIpc) is 3.17. The summed E-state index contributed by atoms with van der Waals surface area (Å²) < 4.78 is 32.1. The molecule has 0 saturated heterocycles. The van der Waals surface area contributed by atoms with Gasteiger partial charge in [-0.05, 0) is 42.3 Å². The molecule has 0 aliphatic heterocycles. The number of halogens is 3. The summed E-state index contributed by atoms with van der Waals surface area (Å²) in [5, 5.41) is 6.35. The van der Waals surface area contributed by atoms with Crippen LogP contribution in [0.3, 0.4) is 0 Å². The fraction of sp³-hybridized carbons (Fsp3) is 0.238. The molecule has 0 spiro atoms. The molecule has 0 aliphatic rings. The minimum atomic E-state index is -0.298. The Morgan fingerprint density at radius 3 is 2.38 bits per heavy atom. The largest absolute Gasteiger partial charge is 0.444 e. The van der Waals surface area contributed by atoms with E-state index in [1.807, 2.05) is 6.07 Å². The van der Waals surface area contributed by atoms with E-state index in [1.54, 1.807) is 37.6 Å². The molecule has 1 aromatic heterocycles. The van der Waals surface area contributed by atoms with Crippen LogP contribution >= 0.6 is 24.0 Å². The van der Waals surface area contributed by atoms with Gasteiger partial charge in [-0.1, -0.05) is 18.2 Å². The van der Waals surface area contributed by atoms with Crippen molar-refractivity contribution in [3.8, 4) is 11.5 Å². The standard InChI is InChI=1S/C21H22F2N4O.HI/c1-24-21(25-12-10-15-4-2-3-5-19(15)23)26-13-11-18-14-28-20(27-18)16-6-8-17(22)9-7-16;/h2-9,14H,10-13H2,1H3,(H2,24,25,26);1H. The van der Waals surface area contributed by atoms with Gasteiger partial charge in [-0.2, -0.15) is 0 Å². The molecule has 5 nitrogen and oxygen atoms in total. The third-order valence-corrected chi connectivity index (χ3v) is 4.18. The highest BCUT2D eigenvalue weighted by Gasteiger charge is 2.07. The average molecular weight is 512 g/mol. The Balaban J connectivity index is 0.00000300. The molecule has 2 aromatic carbocycles. The first-order valence-corrected chi connectivity index (χ1v) is 9.04. The predicted molar refractivity (Wildman–Crippen MR) is 120 cm³/mol. The maximum Gasteiger partial charge on any atom is 0.226 e. The number of hydrogen-bond acceptors (Lipinski definition) is 3. The summed E-state index contributed by atoms with van der Waals surface area (Å²) in [6, 6.07) is 12.7. The van der Waals surface area contributed by atoms with Crippen LogP contribution in [0.4, 0.5) is 8.78 Å². The lowest BCUT2D eigenvalue weighted by Gasteiger charge is -2.11. The second-order valence-electron chi connectivity index (χ2n) is 6.17. The molecule has 3 aromatic rings. The molecule has 0 aliphatic carbocycles. The first kappa shape index (κ1) is 22.8. The van der Waals surface area contributed by atoms with E-state index in [0.717, 1.165) is 11.3 Å². The predicted octanol–water partition coefficient (Wildman–Crippen LogP) is 4.19. The molecule has 0 unspecified atom stereocenters. The third kappa shape index (κ3) is 6.81. The van der Waals surface area contributed by atoms with Gasteiger partial charge in [0, 0.05) is 32.1 Å². The van der Waals surface area contributed by atoms with Crippen LogP contribution in [0, 0.1) is 11.6 Å². The van der Waals surface area contributed by atoms with Gasteiger partial charge >= 0.3 is 0 Å². The number of guanidine groups is 1. The van der Waals surface area contributed by atoms with Crippen molar-refractivity contribution >= 4 is 29.9 Å². The fourth-order valence-electron chi connectivity index (χ4n) is 2.69. The zero-order valence-corrected chi connectivity index (χ0v) is 18.3. The first-order valence-electron chi connectivity index (χ1n) is 9.04. The topological polar surface area (TPSA) is 62.5 Å². The lowest BCUT2D eigenvalue weighted by molar-refractivity contribution is 0.571. The number of nitrogens with zero attached hydrogens (tertiary/aromatic N) is 2. The number of aromatic nitrogens is 1. The molecule has 1 heterocycles. The second kappa shape index (κ2) is 11.5. The van der Waals surface area contributed by atoms with Crippen LogP contribution in [0.1, 0.15) is 11.3 Å². The van der Waals surface area contributed by atoms with E-state index in [2.05, 4.69) is 20.6 Å². The Kier molecular flexibility index (Phi) is 9.04. The van der Waals surface area contributed by atoms with Gasteiger partial charge in [0.05, 0.1) is 5.69 Å². The number of aliphatic imine (C=N–C) groups is 1. The maximum atomic E-state index is 13.6. The van der Waals surface area contributed by atoms with Crippen molar-refractivity contribution in [1.29, 1.82) is 0 Å². The quantitative estimate of drug-likeness (QED) is 0.283. The van der Waals surface area contributed by atoms with Crippen LogP contribution in [0.5, 0.6) is 0 Å². The van der Waals surface area contributed by atoms with Crippen molar-refractivity contribution in [2.24, 2.45) is 4.99 Å². The van der Waals surface area contributed by atoms with Crippen molar-refractivity contribution in [3.05, 3.63) is 77.7 Å².